The number of carbonyl (C=O) groups is 1. The summed E-state index contributed by atoms with van der Waals surface area (Å²) >= 11 is 0. The molecule has 2 N–H and O–H groups in total. The molecule has 1 amide bonds. The van der Waals surface area contributed by atoms with E-state index in [1.54, 1.807) is 0 Å². The van der Waals surface area contributed by atoms with E-state index in [1.807, 2.05) is 37.3 Å². The Labute approximate surface area is 127 Å². The third kappa shape index (κ3) is 4.55. The quantitative estimate of drug-likeness (QED) is 0.845. The summed E-state index contributed by atoms with van der Waals surface area (Å²) in [5, 5.41) is 6.42. The summed E-state index contributed by atoms with van der Waals surface area (Å²) in [6.45, 7) is 7.29. The molecule has 1 aromatic carbocycles. The van der Waals surface area contributed by atoms with Gasteiger partial charge in [0.15, 0.2) is 0 Å². The molecule has 1 saturated heterocycles. The molecule has 0 spiro atoms. The summed E-state index contributed by atoms with van der Waals surface area (Å²) in [6.07, 6.45) is 3.33. The van der Waals surface area contributed by atoms with Crippen molar-refractivity contribution >= 4 is 11.6 Å². The summed E-state index contributed by atoms with van der Waals surface area (Å²) in [5.41, 5.74) is 0.871. The van der Waals surface area contributed by atoms with Crippen LogP contribution in [0.1, 0.15) is 33.1 Å². The van der Waals surface area contributed by atoms with Gasteiger partial charge < -0.3 is 10.6 Å². The van der Waals surface area contributed by atoms with Gasteiger partial charge in [-0.3, -0.25) is 9.69 Å². The van der Waals surface area contributed by atoms with E-state index in [0.29, 0.717) is 6.04 Å². The number of nitrogens with zero attached hydrogens (tertiary/aromatic N) is 1. The van der Waals surface area contributed by atoms with Crippen LogP contribution in [0.2, 0.25) is 0 Å². The molecule has 1 heterocycles. The minimum atomic E-state index is -0.0896. The minimum Gasteiger partial charge on any atom is -0.325 e. The van der Waals surface area contributed by atoms with Gasteiger partial charge in [-0.2, -0.15) is 0 Å². The van der Waals surface area contributed by atoms with Crippen molar-refractivity contribution in [2.75, 3.05) is 25.0 Å². The highest BCUT2D eigenvalue weighted by Gasteiger charge is 2.28. The number of carbonyl (C=O) groups excluding carboxylic acids is 1. The maximum atomic E-state index is 12.5. The average molecular weight is 289 g/mol. The van der Waals surface area contributed by atoms with Gasteiger partial charge in [-0.15, -0.1) is 0 Å². The first-order valence-corrected chi connectivity index (χ1v) is 8.04. The van der Waals surface area contributed by atoms with Crippen LogP contribution < -0.4 is 10.6 Å². The number of para-hydroxylation sites is 1. The van der Waals surface area contributed by atoms with Crippen LogP contribution in [0.15, 0.2) is 30.3 Å². The second kappa shape index (κ2) is 8.15. The number of hydrogen-bond acceptors (Lipinski definition) is 3. The molecule has 0 aliphatic carbocycles. The molecule has 1 unspecified atom stereocenters. The fraction of sp³-hybridized carbons (Fsp3) is 0.588. The Bertz CT molecular complexity index is 429. The van der Waals surface area contributed by atoms with Crippen LogP contribution in [0.4, 0.5) is 5.69 Å². The third-order valence-electron chi connectivity index (χ3n) is 4.18. The molecule has 0 aromatic heterocycles. The Morgan fingerprint density at radius 1 is 1.33 bits per heavy atom. The van der Waals surface area contributed by atoms with Gasteiger partial charge >= 0.3 is 0 Å². The summed E-state index contributed by atoms with van der Waals surface area (Å²) in [5.74, 6) is 0.0909. The molecule has 4 heteroatoms. The molecule has 21 heavy (non-hydrogen) atoms. The molecule has 1 aliphatic rings. The molecule has 0 bridgehead atoms. The van der Waals surface area contributed by atoms with Crippen LogP contribution in [-0.2, 0) is 4.79 Å². The van der Waals surface area contributed by atoms with E-state index in [2.05, 4.69) is 22.5 Å². The number of hydrogen-bond donors (Lipinski definition) is 2. The molecule has 2 rings (SSSR count). The van der Waals surface area contributed by atoms with Crippen molar-refractivity contribution in [3.63, 3.8) is 0 Å². The normalized spacial score (nSPS) is 17.7. The lowest BCUT2D eigenvalue weighted by atomic mass is 10.0. The van der Waals surface area contributed by atoms with Crippen molar-refractivity contribution < 1.29 is 4.79 Å². The molecule has 0 saturated carbocycles. The summed E-state index contributed by atoms with van der Waals surface area (Å²) in [4.78, 5) is 14.9. The maximum absolute atomic E-state index is 12.5. The van der Waals surface area contributed by atoms with Gasteiger partial charge in [0, 0.05) is 11.7 Å². The number of amides is 1. The van der Waals surface area contributed by atoms with Crippen LogP contribution in [0, 0.1) is 0 Å². The van der Waals surface area contributed by atoms with Gasteiger partial charge in [-0.25, -0.2) is 0 Å². The lowest BCUT2D eigenvalue weighted by molar-refractivity contribution is -0.121. The maximum Gasteiger partial charge on any atom is 0.241 e. The van der Waals surface area contributed by atoms with Gasteiger partial charge in [-0.1, -0.05) is 25.1 Å². The van der Waals surface area contributed by atoms with Crippen molar-refractivity contribution in [2.24, 2.45) is 0 Å². The van der Waals surface area contributed by atoms with Crippen LogP contribution in [0.5, 0.6) is 0 Å². The van der Waals surface area contributed by atoms with Crippen LogP contribution in [-0.4, -0.2) is 42.5 Å². The molecule has 4 nitrogen and oxygen atoms in total. The lowest BCUT2D eigenvalue weighted by Crippen LogP contribution is -2.51. The molecule has 116 valence electrons. The predicted molar refractivity (Wildman–Crippen MR) is 87.4 cm³/mol. The predicted octanol–water partition coefficient (Wildman–Crippen LogP) is 2.48. The Morgan fingerprint density at radius 2 is 2.00 bits per heavy atom. The third-order valence-corrected chi connectivity index (χ3v) is 4.18. The number of piperidine rings is 1. The standard InChI is InChI=1S/C17H27N3O/c1-3-13-20(16-9-11-18-12-10-16)14(2)17(21)19-15-7-5-4-6-8-15/h4-8,14,16,18H,3,9-13H2,1-2H3,(H,19,21). The molecular formula is C17H27N3O. The van der Waals surface area contributed by atoms with E-state index >= 15 is 0 Å². The van der Waals surface area contributed by atoms with E-state index in [-0.39, 0.29) is 11.9 Å². The van der Waals surface area contributed by atoms with Crippen LogP contribution in [0.3, 0.4) is 0 Å². The molecule has 1 atom stereocenters. The van der Waals surface area contributed by atoms with Crippen LogP contribution >= 0.6 is 0 Å². The van der Waals surface area contributed by atoms with Crippen molar-refractivity contribution in [3.05, 3.63) is 30.3 Å². The largest absolute Gasteiger partial charge is 0.325 e. The monoisotopic (exact) mass is 289 g/mol. The number of nitrogens with one attached hydrogen (secondary N) is 2. The van der Waals surface area contributed by atoms with Crippen molar-refractivity contribution in [3.8, 4) is 0 Å². The van der Waals surface area contributed by atoms with Crippen molar-refractivity contribution in [1.29, 1.82) is 0 Å². The van der Waals surface area contributed by atoms with E-state index in [1.165, 1.54) is 0 Å². The lowest BCUT2D eigenvalue weighted by Gasteiger charge is -2.38. The van der Waals surface area contributed by atoms with Gasteiger partial charge in [0.2, 0.25) is 5.91 Å². The topological polar surface area (TPSA) is 44.4 Å². The smallest absolute Gasteiger partial charge is 0.241 e. The first-order valence-electron chi connectivity index (χ1n) is 8.04. The molecular weight excluding hydrogens is 262 g/mol. The number of rotatable bonds is 6. The summed E-state index contributed by atoms with van der Waals surface area (Å²) in [6, 6.07) is 10.1. The second-order valence-corrected chi connectivity index (χ2v) is 5.75. The van der Waals surface area contributed by atoms with E-state index in [4.69, 9.17) is 0 Å². The molecule has 1 fully saturated rings. The van der Waals surface area contributed by atoms with E-state index < -0.39 is 0 Å². The summed E-state index contributed by atoms with van der Waals surface area (Å²) < 4.78 is 0. The molecule has 1 aromatic rings. The van der Waals surface area contributed by atoms with Crippen molar-refractivity contribution in [1.82, 2.24) is 10.2 Å². The highest BCUT2D eigenvalue weighted by Crippen LogP contribution is 2.17. The first kappa shape index (κ1) is 16.0. The number of benzene rings is 1. The van der Waals surface area contributed by atoms with Gasteiger partial charge in [0.1, 0.15) is 0 Å². The van der Waals surface area contributed by atoms with Gasteiger partial charge in [-0.05, 0) is 58.0 Å². The van der Waals surface area contributed by atoms with E-state index in [0.717, 1.165) is 44.6 Å². The van der Waals surface area contributed by atoms with Gasteiger partial charge in [0.25, 0.3) is 0 Å². The Kier molecular flexibility index (Phi) is 6.21. The SMILES string of the molecule is CCCN(C1CCNCC1)C(C)C(=O)Nc1ccccc1. The molecule has 0 radical (unpaired) electrons. The highest BCUT2D eigenvalue weighted by atomic mass is 16.2. The zero-order valence-electron chi connectivity index (χ0n) is 13.1. The second-order valence-electron chi connectivity index (χ2n) is 5.75. The number of anilines is 1. The Balaban J connectivity index is 1.99. The van der Waals surface area contributed by atoms with E-state index in [9.17, 15) is 4.79 Å². The zero-order chi connectivity index (χ0) is 15.1. The average Bonchev–Trinajstić information content (AvgIpc) is 2.53. The molecule has 1 aliphatic heterocycles. The van der Waals surface area contributed by atoms with Crippen molar-refractivity contribution in [2.45, 2.75) is 45.2 Å². The zero-order valence-corrected chi connectivity index (χ0v) is 13.1. The minimum absolute atomic E-state index is 0.0896. The summed E-state index contributed by atoms with van der Waals surface area (Å²) in [7, 11) is 0. The van der Waals surface area contributed by atoms with Crippen LogP contribution in [0.25, 0.3) is 0 Å². The Hall–Kier alpha value is -1.39. The first-order chi connectivity index (χ1) is 10.2. The highest BCUT2D eigenvalue weighted by molar-refractivity contribution is 5.94. The Morgan fingerprint density at radius 3 is 2.62 bits per heavy atom. The van der Waals surface area contributed by atoms with Gasteiger partial charge in [0.05, 0.1) is 6.04 Å². The fourth-order valence-electron chi connectivity index (χ4n) is 3.01. The fourth-order valence-corrected chi connectivity index (χ4v) is 3.01.